The van der Waals surface area contributed by atoms with Gasteiger partial charge in [0.25, 0.3) is 0 Å². The van der Waals surface area contributed by atoms with Crippen LogP contribution in [0.1, 0.15) is 32.8 Å². The van der Waals surface area contributed by atoms with Crippen molar-refractivity contribution in [2.75, 3.05) is 7.11 Å². The molecule has 1 aromatic rings. The van der Waals surface area contributed by atoms with Crippen LogP contribution in [0.4, 0.5) is 0 Å². The van der Waals surface area contributed by atoms with Crippen molar-refractivity contribution in [3.05, 3.63) is 28.8 Å². The molecule has 2 N–H and O–H groups in total. The summed E-state index contributed by atoms with van der Waals surface area (Å²) in [5, 5.41) is 6.18. The predicted octanol–water partition coefficient (Wildman–Crippen LogP) is 3.32. The molecule has 3 nitrogen and oxygen atoms in total. The molecule has 1 aromatic carbocycles. The second-order valence-corrected chi connectivity index (χ2v) is 7.66. The topological polar surface area (TPSA) is 52.3 Å². The number of hydrogen-bond acceptors (Lipinski definition) is 2. The Morgan fingerprint density at radius 3 is 2.63 bits per heavy atom. The van der Waals surface area contributed by atoms with Crippen molar-refractivity contribution >= 4 is 22.6 Å². The average Bonchev–Trinajstić information content (AvgIpc) is 2.30. The number of benzene rings is 1. The van der Waals surface area contributed by atoms with Gasteiger partial charge in [-0.2, -0.15) is 0 Å². The minimum atomic E-state index is -1.32. The van der Waals surface area contributed by atoms with Gasteiger partial charge < -0.3 is 4.74 Å². The van der Waals surface area contributed by atoms with Crippen molar-refractivity contribution in [3.8, 4) is 5.75 Å². The Bertz CT molecular complexity index is 463. The molecule has 5 heteroatoms. The van der Waals surface area contributed by atoms with Gasteiger partial charge in [-0.05, 0) is 50.3 Å². The van der Waals surface area contributed by atoms with E-state index in [0.717, 1.165) is 24.2 Å². The summed E-state index contributed by atoms with van der Waals surface area (Å²) in [5.41, 5.74) is 1.11. The SMILES string of the molecule is COc1cc(Cl)ccc1C[C@H](C)CC(C)(C)S(N)=O. The van der Waals surface area contributed by atoms with Crippen molar-refractivity contribution in [2.45, 2.75) is 38.4 Å². The van der Waals surface area contributed by atoms with Crippen molar-refractivity contribution < 1.29 is 8.95 Å². The quantitative estimate of drug-likeness (QED) is 0.876. The van der Waals surface area contributed by atoms with Gasteiger partial charge in [0.2, 0.25) is 0 Å². The number of methoxy groups -OCH3 is 1. The lowest BCUT2D eigenvalue weighted by Gasteiger charge is -2.25. The first-order chi connectivity index (χ1) is 8.76. The van der Waals surface area contributed by atoms with Crippen LogP contribution in [0.15, 0.2) is 18.2 Å². The maximum atomic E-state index is 11.5. The highest BCUT2D eigenvalue weighted by Gasteiger charge is 2.26. The van der Waals surface area contributed by atoms with E-state index in [4.69, 9.17) is 21.5 Å². The van der Waals surface area contributed by atoms with E-state index < -0.39 is 11.0 Å². The molecular weight excluding hydrogens is 282 g/mol. The van der Waals surface area contributed by atoms with Gasteiger partial charge in [0.05, 0.1) is 22.8 Å². The van der Waals surface area contributed by atoms with E-state index in [0.29, 0.717) is 10.9 Å². The van der Waals surface area contributed by atoms with Crippen LogP contribution in [0.3, 0.4) is 0 Å². The number of ether oxygens (including phenoxy) is 1. The molecule has 0 aliphatic heterocycles. The number of nitrogens with two attached hydrogens (primary N) is 1. The highest BCUT2D eigenvalue weighted by molar-refractivity contribution is 7.84. The number of rotatable bonds is 6. The Morgan fingerprint density at radius 2 is 2.11 bits per heavy atom. The normalized spacial score (nSPS) is 15.1. The fourth-order valence-electron chi connectivity index (χ4n) is 2.26. The molecule has 0 fully saturated rings. The predicted molar refractivity (Wildman–Crippen MR) is 81.9 cm³/mol. The average molecular weight is 304 g/mol. The maximum Gasteiger partial charge on any atom is 0.123 e. The molecule has 0 aromatic heterocycles. The number of hydrogen-bond donors (Lipinski definition) is 1. The van der Waals surface area contributed by atoms with Gasteiger partial charge in [0, 0.05) is 5.02 Å². The van der Waals surface area contributed by atoms with E-state index >= 15 is 0 Å². The van der Waals surface area contributed by atoms with Gasteiger partial charge in [-0.3, -0.25) is 5.14 Å². The smallest absolute Gasteiger partial charge is 0.123 e. The van der Waals surface area contributed by atoms with Gasteiger partial charge >= 0.3 is 0 Å². The molecule has 1 unspecified atom stereocenters. The summed E-state index contributed by atoms with van der Waals surface area (Å²) in [6.07, 6.45) is 1.64. The lowest BCUT2D eigenvalue weighted by Crippen LogP contribution is -2.34. The minimum Gasteiger partial charge on any atom is -0.496 e. The molecule has 0 amide bonds. The zero-order valence-electron chi connectivity index (χ0n) is 11.9. The third-order valence-electron chi connectivity index (χ3n) is 3.20. The summed E-state index contributed by atoms with van der Waals surface area (Å²) in [5.74, 6) is 1.16. The lowest BCUT2D eigenvalue weighted by atomic mass is 9.92. The van der Waals surface area contributed by atoms with Crippen LogP contribution >= 0.6 is 11.6 Å². The van der Waals surface area contributed by atoms with E-state index in [1.54, 1.807) is 7.11 Å². The molecule has 0 bridgehead atoms. The Morgan fingerprint density at radius 1 is 1.47 bits per heavy atom. The standard InChI is InChI=1S/C14H22ClNO2S/c1-10(9-14(2,3)19(16)17)7-11-5-6-12(15)8-13(11)18-4/h5-6,8,10H,7,9,16H2,1-4H3/t10-,19?/m0/s1. The first-order valence-corrected chi connectivity index (χ1v) is 7.84. The van der Waals surface area contributed by atoms with Crippen LogP contribution in [-0.2, 0) is 17.4 Å². The van der Waals surface area contributed by atoms with E-state index in [2.05, 4.69) is 6.92 Å². The fourth-order valence-corrected chi connectivity index (χ4v) is 2.87. The van der Waals surface area contributed by atoms with Crippen LogP contribution < -0.4 is 9.88 Å². The summed E-state index contributed by atoms with van der Waals surface area (Å²) in [4.78, 5) is 0. The van der Waals surface area contributed by atoms with E-state index in [9.17, 15) is 4.21 Å². The molecule has 0 aliphatic rings. The van der Waals surface area contributed by atoms with Crippen LogP contribution in [0.25, 0.3) is 0 Å². The Labute approximate surface area is 123 Å². The second kappa shape index (κ2) is 6.73. The first kappa shape index (κ1) is 16.5. The third-order valence-corrected chi connectivity index (χ3v) is 4.69. The molecule has 0 radical (unpaired) electrons. The van der Waals surface area contributed by atoms with Gasteiger partial charge in [0.1, 0.15) is 5.75 Å². The Kier molecular flexibility index (Phi) is 5.83. The minimum absolute atomic E-state index is 0.359. The van der Waals surface area contributed by atoms with Crippen molar-refractivity contribution in [3.63, 3.8) is 0 Å². The summed E-state index contributed by atoms with van der Waals surface area (Å²) in [7, 11) is 0.320. The molecule has 0 saturated heterocycles. The van der Waals surface area contributed by atoms with Gasteiger partial charge in [-0.25, -0.2) is 4.21 Å². The zero-order chi connectivity index (χ0) is 14.6. The summed E-state index contributed by atoms with van der Waals surface area (Å²) < 4.78 is 16.4. The largest absolute Gasteiger partial charge is 0.496 e. The molecule has 108 valence electrons. The summed E-state index contributed by atoms with van der Waals surface area (Å²) >= 11 is 5.94. The van der Waals surface area contributed by atoms with Crippen molar-refractivity contribution in [2.24, 2.45) is 11.1 Å². The molecule has 2 atom stereocenters. The fraction of sp³-hybridized carbons (Fsp3) is 0.571. The first-order valence-electron chi connectivity index (χ1n) is 6.25. The lowest BCUT2D eigenvalue weighted by molar-refractivity contribution is 0.399. The molecule has 1 rings (SSSR count). The van der Waals surface area contributed by atoms with Crippen LogP contribution in [-0.4, -0.2) is 16.1 Å². The van der Waals surface area contributed by atoms with Crippen LogP contribution in [0.2, 0.25) is 5.02 Å². The van der Waals surface area contributed by atoms with E-state index in [-0.39, 0.29) is 4.75 Å². The van der Waals surface area contributed by atoms with Gasteiger partial charge in [-0.1, -0.05) is 24.6 Å². The summed E-state index contributed by atoms with van der Waals surface area (Å²) in [6.45, 7) is 5.99. The third kappa shape index (κ3) is 4.79. The molecule has 0 saturated carbocycles. The second-order valence-electron chi connectivity index (χ2n) is 5.53. The Hall–Kier alpha value is -0.580. The molecule has 0 aliphatic carbocycles. The highest BCUT2D eigenvalue weighted by Crippen LogP contribution is 2.29. The number of halogens is 1. The van der Waals surface area contributed by atoms with Crippen LogP contribution in [0, 0.1) is 5.92 Å². The molecule has 0 heterocycles. The molecule has 0 spiro atoms. The van der Waals surface area contributed by atoms with Gasteiger partial charge in [0.15, 0.2) is 0 Å². The van der Waals surface area contributed by atoms with Gasteiger partial charge in [-0.15, -0.1) is 0 Å². The monoisotopic (exact) mass is 303 g/mol. The van der Waals surface area contributed by atoms with Crippen molar-refractivity contribution in [1.82, 2.24) is 0 Å². The zero-order valence-corrected chi connectivity index (χ0v) is 13.5. The Balaban J connectivity index is 2.77. The van der Waals surface area contributed by atoms with E-state index in [1.165, 1.54) is 0 Å². The highest BCUT2D eigenvalue weighted by atomic mass is 35.5. The summed E-state index contributed by atoms with van der Waals surface area (Å²) in [6, 6.07) is 5.65. The van der Waals surface area contributed by atoms with Crippen molar-refractivity contribution in [1.29, 1.82) is 0 Å². The molecular formula is C14H22ClNO2S. The maximum absolute atomic E-state index is 11.5. The van der Waals surface area contributed by atoms with E-state index in [1.807, 2.05) is 32.0 Å². The van der Waals surface area contributed by atoms with Crippen LogP contribution in [0.5, 0.6) is 5.75 Å². The molecule has 19 heavy (non-hydrogen) atoms.